The van der Waals surface area contributed by atoms with Crippen LogP contribution in [0.1, 0.15) is 44.9 Å². The van der Waals surface area contributed by atoms with Crippen LogP contribution in [0.5, 0.6) is 0 Å². The fourth-order valence-corrected chi connectivity index (χ4v) is 4.30. The van der Waals surface area contributed by atoms with Gasteiger partial charge in [0.05, 0.1) is 25.2 Å². The fraction of sp³-hybridized carbons (Fsp3) is 1.00. The number of hydrogen-bond acceptors (Lipinski definition) is 2. The highest BCUT2D eigenvalue weighted by molar-refractivity contribution is 4.94. The van der Waals surface area contributed by atoms with Crippen LogP contribution in [0.4, 0.5) is 0 Å². The minimum Gasteiger partial charge on any atom is -0.393 e. The highest BCUT2D eigenvalue weighted by atomic mass is 16.3. The molecule has 92 valence electrons. The summed E-state index contributed by atoms with van der Waals surface area (Å²) in [6.07, 6.45) is 8.69. The van der Waals surface area contributed by atoms with Crippen LogP contribution in [0, 0.1) is 0 Å². The van der Waals surface area contributed by atoms with Crippen LogP contribution in [0.15, 0.2) is 0 Å². The molecule has 3 fully saturated rings. The van der Waals surface area contributed by atoms with Gasteiger partial charge in [-0.05, 0) is 25.7 Å². The smallest absolute Gasteiger partial charge is 0.103 e. The van der Waals surface area contributed by atoms with Gasteiger partial charge in [0, 0.05) is 12.8 Å². The molecule has 0 radical (unpaired) electrons. The first kappa shape index (κ1) is 11.0. The standard InChI is InChI=1S/C13H24N2O/c1-15-12-5-3-2-4-10(12)14-11-8-9(16)6-7-13(11)15/h9-14,16H,2-8H2,1H3/p+1. The maximum absolute atomic E-state index is 9.78. The van der Waals surface area contributed by atoms with Gasteiger partial charge >= 0.3 is 0 Å². The lowest BCUT2D eigenvalue weighted by molar-refractivity contribution is -0.942. The van der Waals surface area contributed by atoms with Crippen molar-refractivity contribution in [2.45, 2.75) is 75.2 Å². The van der Waals surface area contributed by atoms with Gasteiger partial charge in [-0.1, -0.05) is 6.42 Å². The van der Waals surface area contributed by atoms with E-state index in [0.717, 1.165) is 31.0 Å². The van der Waals surface area contributed by atoms with Crippen molar-refractivity contribution in [3.8, 4) is 0 Å². The van der Waals surface area contributed by atoms with Gasteiger partial charge in [0.1, 0.15) is 12.1 Å². The number of aliphatic hydroxyl groups excluding tert-OH is 1. The number of likely N-dealkylation sites (N-methyl/N-ethyl adjacent to an activating group) is 1. The van der Waals surface area contributed by atoms with Gasteiger partial charge < -0.3 is 15.3 Å². The van der Waals surface area contributed by atoms with Crippen LogP contribution >= 0.6 is 0 Å². The normalized spacial score (nSPS) is 52.9. The summed E-state index contributed by atoms with van der Waals surface area (Å²) >= 11 is 0. The molecule has 16 heavy (non-hydrogen) atoms. The zero-order valence-corrected chi connectivity index (χ0v) is 10.3. The molecule has 1 aliphatic heterocycles. The molecule has 0 bridgehead atoms. The minimum absolute atomic E-state index is 0.0540. The number of nitrogens with one attached hydrogen (secondary N) is 2. The Morgan fingerprint density at radius 1 is 1.00 bits per heavy atom. The molecular formula is C13H25N2O+. The lowest BCUT2D eigenvalue weighted by atomic mass is 9.79. The molecule has 2 aliphatic carbocycles. The predicted molar refractivity (Wildman–Crippen MR) is 63.5 cm³/mol. The molecular weight excluding hydrogens is 200 g/mol. The molecule has 1 heterocycles. The van der Waals surface area contributed by atoms with E-state index < -0.39 is 0 Å². The van der Waals surface area contributed by atoms with Crippen LogP contribution in [-0.2, 0) is 0 Å². The van der Waals surface area contributed by atoms with Gasteiger partial charge in [-0.3, -0.25) is 0 Å². The molecule has 0 spiro atoms. The maximum atomic E-state index is 9.78. The number of rotatable bonds is 0. The third-order valence-electron chi connectivity index (χ3n) is 5.19. The van der Waals surface area contributed by atoms with E-state index in [4.69, 9.17) is 0 Å². The average Bonchev–Trinajstić information content (AvgIpc) is 2.29. The molecule has 6 unspecified atom stereocenters. The van der Waals surface area contributed by atoms with E-state index in [9.17, 15) is 5.11 Å². The second kappa shape index (κ2) is 4.28. The summed E-state index contributed by atoms with van der Waals surface area (Å²) in [5, 5.41) is 13.6. The molecule has 1 saturated heterocycles. The summed E-state index contributed by atoms with van der Waals surface area (Å²) in [6.45, 7) is 0. The highest BCUT2D eigenvalue weighted by Crippen LogP contribution is 2.26. The van der Waals surface area contributed by atoms with E-state index in [1.807, 2.05) is 0 Å². The van der Waals surface area contributed by atoms with Crippen LogP contribution in [0.25, 0.3) is 0 Å². The Bertz CT molecular complexity index is 256. The Labute approximate surface area is 98.2 Å². The van der Waals surface area contributed by atoms with Crippen LogP contribution < -0.4 is 10.2 Å². The lowest BCUT2D eigenvalue weighted by Gasteiger charge is -2.50. The zero-order valence-electron chi connectivity index (χ0n) is 10.3. The first-order chi connectivity index (χ1) is 7.75. The van der Waals surface area contributed by atoms with Gasteiger partial charge in [0.2, 0.25) is 0 Å². The van der Waals surface area contributed by atoms with E-state index in [1.54, 1.807) is 4.90 Å². The Morgan fingerprint density at radius 3 is 2.62 bits per heavy atom. The largest absolute Gasteiger partial charge is 0.393 e. The van der Waals surface area contributed by atoms with E-state index >= 15 is 0 Å². The fourth-order valence-electron chi connectivity index (χ4n) is 4.30. The van der Waals surface area contributed by atoms with Crippen molar-refractivity contribution < 1.29 is 10.0 Å². The number of hydrogen-bond donors (Lipinski definition) is 3. The van der Waals surface area contributed by atoms with Gasteiger partial charge in [0.25, 0.3) is 0 Å². The third kappa shape index (κ3) is 1.79. The Balaban J connectivity index is 1.75. The summed E-state index contributed by atoms with van der Waals surface area (Å²) < 4.78 is 0. The van der Waals surface area contributed by atoms with Crippen molar-refractivity contribution in [2.75, 3.05) is 7.05 Å². The maximum Gasteiger partial charge on any atom is 0.103 e. The van der Waals surface area contributed by atoms with Gasteiger partial charge in [0.15, 0.2) is 0 Å². The van der Waals surface area contributed by atoms with Crippen molar-refractivity contribution in [2.24, 2.45) is 0 Å². The lowest BCUT2D eigenvalue weighted by Crippen LogP contribution is -3.22. The Morgan fingerprint density at radius 2 is 1.75 bits per heavy atom. The molecule has 6 atom stereocenters. The summed E-state index contributed by atoms with van der Waals surface area (Å²) in [6, 6.07) is 2.89. The zero-order chi connectivity index (χ0) is 11.1. The minimum atomic E-state index is -0.0540. The van der Waals surface area contributed by atoms with Gasteiger partial charge in [-0.25, -0.2) is 0 Å². The van der Waals surface area contributed by atoms with E-state index in [0.29, 0.717) is 6.04 Å². The number of piperazine rings is 1. The van der Waals surface area contributed by atoms with Gasteiger partial charge in [-0.15, -0.1) is 0 Å². The monoisotopic (exact) mass is 225 g/mol. The SMILES string of the molecule is C[NH+]1C2CCCCC2NC2CC(O)CCC21. The Kier molecular flexibility index (Phi) is 2.94. The topological polar surface area (TPSA) is 36.7 Å². The van der Waals surface area contributed by atoms with Crippen molar-refractivity contribution >= 4 is 0 Å². The molecule has 0 aromatic rings. The molecule has 0 aromatic heterocycles. The molecule has 0 aromatic carbocycles. The van der Waals surface area contributed by atoms with Crippen LogP contribution in [-0.4, -0.2) is 42.4 Å². The van der Waals surface area contributed by atoms with Crippen molar-refractivity contribution in [1.82, 2.24) is 5.32 Å². The van der Waals surface area contributed by atoms with E-state index in [2.05, 4.69) is 12.4 Å². The highest BCUT2D eigenvalue weighted by Gasteiger charge is 2.46. The first-order valence-electron chi connectivity index (χ1n) is 7.03. The molecule has 3 nitrogen and oxygen atoms in total. The summed E-state index contributed by atoms with van der Waals surface area (Å²) in [4.78, 5) is 1.75. The molecule has 3 rings (SSSR count). The average molecular weight is 225 g/mol. The summed E-state index contributed by atoms with van der Waals surface area (Å²) in [5.74, 6) is 0. The second-order valence-corrected chi connectivity index (χ2v) is 6.09. The molecule has 3 heteroatoms. The second-order valence-electron chi connectivity index (χ2n) is 6.09. The van der Waals surface area contributed by atoms with Crippen molar-refractivity contribution in [3.63, 3.8) is 0 Å². The van der Waals surface area contributed by atoms with Crippen LogP contribution in [0.3, 0.4) is 0 Å². The molecule has 3 N–H and O–H groups in total. The number of quaternary nitrogens is 1. The Hall–Kier alpha value is -0.120. The quantitative estimate of drug-likeness (QED) is 0.529. The number of fused-ring (bicyclic) bond motifs is 2. The molecule has 3 aliphatic rings. The van der Waals surface area contributed by atoms with Crippen molar-refractivity contribution in [3.05, 3.63) is 0 Å². The summed E-state index contributed by atoms with van der Waals surface area (Å²) in [7, 11) is 2.39. The predicted octanol–water partition coefficient (Wildman–Crippen LogP) is -0.302. The number of aliphatic hydroxyl groups is 1. The van der Waals surface area contributed by atoms with Gasteiger partial charge in [-0.2, -0.15) is 0 Å². The molecule has 0 amide bonds. The first-order valence-corrected chi connectivity index (χ1v) is 7.03. The summed E-state index contributed by atoms with van der Waals surface area (Å²) in [5.41, 5.74) is 0. The van der Waals surface area contributed by atoms with Crippen LogP contribution in [0.2, 0.25) is 0 Å². The van der Waals surface area contributed by atoms with E-state index in [1.165, 1.54) is 32.1 Å². The molecule has 2 saturated carbocycles. The third-order valence-corrected chi connectivity index (χ3v) is 5.19. The van der Waals surface area contributed by atoms with E-state index in [-0.39, 0.29) is 6.10 Å². The van der Waals surface area contributed by atoms with Crippen molar-refractivity contribution in [1.29, 1.82) is 0 Å².